The first kappa shape index (κ1) is 12.9. The van der Waals surface area contributed by atoms with E-state index in [2.05, 4.69) is 30.6 Å². The lowest BCUT2D eigenvalue weighted by Crippen LogP contribution is -2.27. The van der Waals surface area contributed by atoms with Gasteiger partial charge in [0.15, 0.2) is 6.10 Å². The average molecular weight is 340 g/mol. The first-order valence-electron chi connectivity index (χ1n) is 5.85. The molecule has 1 unspecified atom stereocenters. The van der Waals surface area contributed by atoms with Crippen molar-refractivity contribution < 1.29 is 18.8 Å². The highest BCUT2D eigenvalue weighted by Gasteiger charge is 2.33. The maximum Gasteiger partial charge on any atom is 0.416 e. The lowest BCUT2D eigenvalue weighted by molar-refractivity contribution is 0.102. The van der Waals surface area contributed by atoms with E-state index in [0.29, 0.717) is 18.2 Å². The second-order valence-electron chi connectivity index (χ2n) is 4.10. The molecule has 1 amide bonds. The van der Waals surface area contributed by atoms with E-state index in [-0.39, 0.29) is 12.7 Å². The predicted molar refractivity (Wildman–Crippen MR) is 71.6 cm³/mol. The van der Waals surface area contributed by atoms with Crippen molar-refractivity contribution in [2.24, 2.45) is 0 Å². The van der Waals surface area contributed by atoms with Gasteiger partial charge in [-0.2, -0.15) is 0 Å². The quantitative estimate of drug-likeness (QED) is 0.849. The molecule has 1 saturated heterocycles. The van der Waals surface area contributed by atoms with Crippen LogP contribution in [0.15, 0.2) is 39.7 Å². The number of cyclic esters (lactones) is 1. The van der Waals surface area contributed by atoms with Crippen LogP contribution in [0.5, 0.6) is 5.88 Å². The summed E-state index contributed by atoms with van der Waals surface area (Å²) in [6.07, 6.45) is 2.21. The molecular formula is C12H10BrN3O4. The fraction of sp³-hybridized carbons (Fsp3) is 0.250. The van der Waals surface area contributed by atoms with Crippen LogP contribution >= 0.6 is 15.9 Å². The number of pyridine rings is 1. The van der Waals surface area contributed by atoms with Gasteiger partial charge in [0.2, 0.25) is 0 Å². The number of amides is 1. The number of hydrogen-bond acceptors (Lipinski definition) is 6. The van der Waals surface area contributed by atoms with Gasteiger partial charge in [-0.25, -0.2) is 9.78 Å². The topological polar surface area (TPSA) is 77.7 Å². The monoisotopic (exact) mass is 339 g/mol. The molecule has 3 heterocycles. The van der Waals surface area contributed by atoms with Crippen LogP contribution in [-0.4, -0.2) is 35.5 Å². The van der Waals surface area contributed by atoms with Gasteiger partial charge in [0, 0.05) is 16.7 Å². The summed E-state index contributed by atoms with van der Waals surface area (Å²) < 4.78 is 16.1. The number of aromatic nitrogens is 2. The van der Waals surface area contributed by atoms with Crippen LogP contribution in [0.3, 0.4) is 0 Å². The number of anilines is 1. The summed E-state index contributed by atoms with van der Waals surface area (Å²) in [7, 11) is 0. The Morgan fingerprint density at radius 3 is 3.15 bits per heavy atom. The molecule has 104 valence electrons. The van der Waals surface area contributed by atoms with E-state index in [4.69, 9.17) is 9.47 Å². The Labute approximate surface area is 122 Å². The first-order valence-corrected chi connectivity index (χ1v) is 6.64. The van der Waals surface area contributed by atoms with Crippen LogP contribution in [0.1, 0.15) is 0 Å². The third-order valence-electron chi connectivity index (χ3n) is 2.69. The van der Waals surface area contributed by atoms with Crippen molar-refractivity contribution in [3.63, 3.8) is 0 Å². The lowest BCUT2D eigenvalue weighted by Gasteiger charge is -2.11. The summed E-state index contributed by atoms with van der Waals surface area (Å²) in [4.78, 5) is 17.4. The molecule has 2 aromatic heterocycles. The van der Waals surface area contributed by atoms with Crippen molar-refractivity contribution in [2.45, 2.75) is 6.10 Å². The number of halogens is 1. The van der Waals surface area contributed by atoms with Crippen LogP contribution in [0.4, 0.5) is 10.6 Å². The van der Waals surface area contributed by atoms with Crippen LogP contribution in [0.2, 0.25) is 0 Å². The van der Waals surface area contributed by atoms with Gasteiger partial charge in [0.25, 0.3) is 5.88 Å². The molecule has 1 fully saturated rings. The van der Waals surface area contributed by atoms with E-state index in [9.17, 15) is 4.79 Å². The molecule has 0 spiro atoms. The SMILES string of the molecule is O=C1OC(COc2ccon2)CN1c1cc(Br)ccn1. The molecule has 1 atom stereocenters. The van der Waals surface area contributed by atoms with Gasteiger partial charge in [0.05, 0.1) is 6.54 Å². The standard InChI is InChI=1S/C12H10BrN3O4/c13-8-1-3-14-10(5-8)16-6-9(20-12(16)17)7-18-11-2-4-19-15-11/h1-5,9H,6-7H2. The summed E-state index contributed by atoms with van der Waals surface area (Å²) >= 11 is 3.34. The smallest absolute Gasteiger partial charge is 0.416 e. The number of carbonyl (C=O) groups excluding carboxylic acids is 1. The van der Waals surface area contributed by atoms with Crippen molar-refractivity contribution in [3.05, 3.63) is 35.1 Å². The van der Waals surface area contributed by atoms with E-state index >= 15 is 0 Å². The summed E-state index contributed by atoms with van der Waals surface area (Å²) in [6.45, 7) is 0.586. The molecular weight excluding hydrogens is 330 g/mol. The molecule has 1 aliphatic heterocycles. The van der Waals surface area contributed by atoms with Crippen molar-refractivity contribution >= 4 is 27.8 Å². The van der Waals surface area contributed by atoms with Gasteiger partial charge < -0.3 is 14.0 Å². The molecule has 7 nitrogen and oxygen atoms in total. The van der Waals surface area contributed by atoms with Crippen LogP contribution in [0, 0.1) is 0 Å². The van der Waals surface area contributed by atoms with Crippen molar-refractivity contribution in [1.29, 1.82) is 0 Å². The predicted octanol–water partition coefficient (Wildman–Crippen LogP) is 2.24. The minimum Gasteiger partial charge on any atom is -0.471 e. The van der Waals surface area contributed by atoms with Crippen molar-refractivity contribution in [3.8, 4) is 5.88 Å². The number of carbonyl (C=O) groups is 1. The van der Waals surface area contributed by atoms with E-state index in [1.165, 1.54) is 11.2 Å². The molecule has 0 bridgehead atoms. The lowest BCUT2D eigenvalue weighted by atomic mass is 10.3. The zero-order valence-corrected chi connectivity index (χ0v) is 11.8. The van der Waals surface area contributed by atoms with E-state index in [1.54, 1.807) is 24.4 Å². The average Bonchev–Trinajstić information content (AvgIpc) is 3.05. The molecule has 3 rings (SSSR count). The van der Waals surface area contributed by atoms with Gasteiger partial charge in [-0.15, -0.1) is 0 Å². The molecule has 0 radical (unpaired) electrons. The zero-order valence-electron chi connectivity index (χ0n) is 10.2. The van der Waals surface area contributed by atoms with Crippen LogP contribution in [-0.2, 0) is 4.74 Å². The highest BCUT2D eigenvalue weighted by atomic mass is 79.9. The van der Waals surface area contributed by atoms with Gasteiger partial charge in [-0.05, 0) is 17.3 Å². The Hall–Kier alpha value is -2.09. The highest BCUT2D eigenvalue weighted by molar-refractivity contribution is 9.10. The van der Waals surface area contributed by atoms with E-state index in [0.717, 1.165) is 4.47 Å². The van der Waals surface area contributed by atoms with Gasteiger partial charge >= 0.3 is 6.09 Å². The van der Waals surface area contributed by atoms with Gasteiger partial charge in [-0.1, -0.05) is 15.9 Å². The Morgan fingerprint density at radius 1 is 1.50 bits per heavy atom. The summed E-state index contributed by atoms with van der Waals surface area (Å²) in [5.41, 5.74) is 0. The largest absolute Gasteiger partial charge is 0.471 e. The number of ether oxygens (including phenoxy) is 2. The molecule has 0 aromatic carbocycles. The van der Waals surface area contributed by atoms with Crippen molar-refractivity contribution in [2.75, 3.05) is 18.1 Å². The molecule has 20 heavy (non-hydrogen) atoms. The van der Waals surface area contributed by atoms with Gasteiger partial charge in [0.1, 0.15) is 18.7 Å². The minimum absolute atomic E-state index is 0.211. The zero-order chi connectivity index (χ0) is 13.9. The summed E-state index contributed by atoms with van der Waals surface area (Å²) in [6, 6.07) is 5.13. The maximum atomic E-state index is 11.8. The summed E-state index contributed by atoms with van der Waals surface area (Å²) in [5, 5.41) is 3.62. The fourth-order valence-electron chi connectivity index (χ4n) is 1.79. The number of nitrogens with zero attached hydrogens (tertiary/aromatic N) is 3. The Balaban J connectivity index is 1.63. The van der Waals surface area contributed by atoms with E-state index in [1.807, 2.05) is 0 Å². The number of rotatable bonds is 4. The Kier molecular flexibility index (Phi) is 3.55. The molecule has 1 aliphatic rings. The normalized spacial score (nSPS) is 18.1. The summed E-state index contributed by atoms with van der Waals surface area (Å²) in [5.74, 6) is 0.897. The third kappa shape index (κ3) is 2.74. The third-order valence-corrected chi connectivity index (χ3v) is 3.18. The molecule has 0 saturated carbocycles. The fourth-order valence-corrected chi connectivity index (χ4v) is 2.11. The molecule has 8 heteroatoms. The van der Waals surface area contributed by atoms with Crippen molar-refractivity contribution in [1.82, 2.24) is 10.1 Å². The first-order chi connectivity index (χ1) is 9.72. The van der Waals surface area contributed by atoms with Crippen LogP contribution < -0.4 is 9.64 Å². The Bertz CT molecular complexity index is 605. The highest BCUT2D eigenvalue weighted by Crippen LogP contribution is 2.22. The molecule has 2 aromatic rings. The second kappa shape index (κ2) is 5.49. The van der Waals surface area contributed by atoms with Gasteiger partial charge in [-0.3, -0.25) is 4.90 Å². The van der Waals surface area contributed by atoms with E-state index < -0.39 is 6.09 Å². The molecule has 0 N–H and O–H groups in total. The second-order valence-corrected chi connectivity index (χ2v) is 5.01. The Morgan fingerprint density at radius 2 is 2.40 bits per heavy atom. The van der Waals surface area contributed by atoms with Crippen LogP contribution in [0.25, 0.3) is 0 Å². The number of hydrogen-bond donors (Lipinski definition) is 0. The maximum absolute atomic E-state index is 11.8. The minimum atomic E-state index is -0.440. The molecule has 0 aliphatic carbocycles.